The molecule has 0 aromatic carbocycles. The van der Waals surface area contributed by atoms with E-state index < -0.39 is 21.4 Å². The second-order valence-electron chi connectivity index (χ2n) is 2.50. The molecule has 0 radical (unpaired) electrons. The van der Waals surface area contributed by atoms with E-state index >= 15 is 0 Å². The molecule has 8 heteroatoms. The molecule has 0 aliphatic rings. The standard InChI is InChI=1S/C8H4F3NO3S/c1-2-6-5-12-4-3-7(6)15-16(13,14)8(9,10)11/h1,3-5H. The summed E-state index contributed by atoms with van der Waals surface area (Å²) < 4.78 is 61.1. The van der Waals surface area contributed by atoms with Crippen LogP contribution in [0.2, 0.25) is 0 Å². The SMILES string of the molecule is C#Cc1cnccc1OS(=O)(=O)C(F)(F)F. The summed E-state index contributed by atoms with van der Waals surface area (Å²) in [6.07, 6.45) is 7.01. The molecule has 0 unspecified atom stereocenters. The first-order valence-electron chi connectivity index (χ1n) is 3.69. The van der Waals surface area contributed by atoms with E-state index in [1.807, 2.05) is 5.92 Å². The number of hydrogen-bond donors (Lipinski definition) is 0. The van der Waals surface area contributed by atoms with Crippen LogP contribution in [0, 0.1) is 12.3 Å². The quantitative estimate of drug-likeness (QED) is 0.451. The molecule has 1 aromatic rings. The lowest BCUT2D eigenvalue weighted by molar-refractivity contribution is -0.0500. The van der Waals surface area contributed by atoms with Gasteiger partial charge < -0.3 is 4.18 Å². The number of pyridine rings is 1. The molecule has 0 fully saturated rings. The third-order valence-electron chi connectivity index (χ3n) is 1.42. The monoisotopic (exact) mass is 251 g/mol. The number of terminal acetylenes is 1. The fourth-order valence-electron chi connectivity index (χ4n) is 0.728. The topological polar surface area (TPSA) is 56.3 Å². The van der Waals surface area contributed by atoms with Gasteiger partial charge in [0.05, 0.1) is 5.56 Å². The fraction of sp³-hybridized carbons (Fsp3) is 0.125. The summed E-state index contributed by atoms with van der Waals surface area (Å²) in [7, 11) is -5.71. The van der Waals surface area contributed by atoms with Crippen LogP contribution >= 0.6 is 0 Å². The summed E-state index contributed by atoms with van der Waals surface area (Å²) in [4.78, 5) is 3.51. The second-order valence-corrected chi connectivity index (χ2v) is 4.04. The summed E-state index contributed by atoms with van der Waals surface area (Å²) in [6, 6.07) is 0.929. The molecule has 0 bridgehead atoms. The van der Waals surface area contributed by atoms with Gasteiger partial charge in [-0.25, -0.2) is 0 Å². The Morgan fingerprint density at radius 1 is 1.44 bits per heavy atom. The molecule has 0 amide bonds. The van der Waals surface area contributed by atoms with Crippen LogP contribution in [0.4, 0.5) is 13.2 Å². The lowest BCUT2D eigenvalue weighted by Gasteiger charge is -2.09. The van der Waals surface area contributed by atoms with Gasteiger partial charge in [0.2, 0.25) is 0 Å². The second kappa shape index (κ2) is 4.02. The van der Waals surface area contributed by atoms with Crippen LogP contribution in [0.5, 0.6) is 5.75 Å². The van der Waals surface area contributed by atoms with Crippen LogP contribution in [0.15, 0.2) is 18.5 Å². The van der Waals surface area contributed by atoms with Gasteiger partial charge in [0.15, 0.2) is 5.75 Å². The van der Waals surface area contributed by atoms with Crippen molar-refractivity contribution in [2.24, 2.45) is 0 Å². The number of alkyl halides is 3. The number of aromatic nitrogens is 1. The molecule has 1 rings (SSSR count). The van der Waals surface area contributed by atoms with Gasteiger partial charge in [-0.3, -0.25) is 4.98 Å². The van der Waals surface area contributed by atoms with Gasteiger partial charge in [0.25, 0.3) is 0 Å². The first-order chi connectivity index (χ1) is 7.28. The molecule has 0 N–H and O–H groups in total. The average Bonchev–Trinajstić information content (AvgIpc) is 2.16. The van der Waals surface area contributed by atoms with Gasteiger partial charge in [-0.15, -0.1) is 6.42 Å². The predicted molar refractivity (Wildman–Crippen MR) is 47.8 cm³/mol. The summed E-state index contributed by atoms with van der Waals surface area (Å²) in [5, 5.41) is 0. The molecule has 1 heterocycles. The highest BCUT2D eigenvalue weighted by atomic mass is 32.2. The van der Waals surface area contributed by atoms with Crippen LogP contribution in [-0.2, 0) is 10.1 Å². The van der Waals surface area contributed by atoms with Gasteiger partial charge in [-0.05, 0) is 0 Å². The van der Waals surface area contributed by atoms with Crippen molar-refractivity contribution in [2.75, 3.05) is 0 Å². The lowest BCUT2D eigenvalue weighted by atomic mass is 10.3. The smallest absolute Gasteiger partial charge is 0.375 e. The van der Waals surface area contributed by atoms with Crippen LogP contribution in [-0.4, -0.2) is 18.9 Å². The maximum Gasteiger partial charge on any atom is 0.534 e. The van der Waals surface area contributed by atoms with E-state index in [1.54, 1.807) is 0 Å². The third-order valence-corrected chi connectivity index (χ3v) is 2.39. The van der Waals surface area contributed by atoms with E-state index in [-0.39, 0.29) is 5.56 Å². The first kappa shape index (κ1) is 12.3. The fourth-order valence-corrected chi connectivity index (χ4v) is 1.20. The van der Waals surface area contributed by atoms with Gasteiger partial charge >= 0.3 is 15.6 Å². The van der Waals surface area contributed by atoms with E-state index in [0.29, 0.717) is 0 Å². The maximum absolute atomic E-state index is 12.0. The molecular weight excluding hydrogens is 247 g/mol. The van der Waals surface area contributed by atoms with Crippen molar-refractivity contribution < 1.29 is 25.8 Å². The van der Waals surface area contributed by atoms with E-state index in [0.717, 1.165) is 18.5 Å². The maximum atomic E-state index is 12.0. The number of rotatable bonds is 2. The van der Waals surface area contributed by atoms with E-state index in [2.05, 4.69) is 9.17 Å². The van der Waals surface area contributed by atoms with Crippen molar-refractivity contribution in [3.63, 3.8) is 0 Å². The molecule has 0 aliphatic carbocycles. The highest BCUT2D eigenvalue weighted by Crippen LogP contribution is 2.27. The number of halogens is 3. The Labute approximate surface area is 89.2 Å². The lowest BCUT2D eigenvalue weighted by Crippen LogP contribution is -2.28. The zero-order valence-corrected chi connectivity index (χ0v) is 8.34. The molecule has 16 heavy (non-hydrogen) atoms. The number of nitrogens with zero attached hydrogens (tertiary/aromatic N) is 1. The molecule has 0 saturated heterocycles. The summed E-state index contributed by atoms with van der Waals surface area (Å²) in [6.45, 7) is 0. The Morgan fingerprint density at radius 2 is 2.06 bits per heavy atom. The highest BCUT2D eigenvalue weighted by molar-refractivity contribution is 7.88. The summed E-state index contributed by atoms with van der Waals surface area (Å²) >= 11 is 0. The largest absolute Gasteiger partial charge is 0.534 e. The van der Waals surface area contributed by atoms with Crippen molar-refractivity contribution in [3.05, 3.63) is 24.0 Å². The molecule has 4 nitrogen and oxygen atoms in total. The Hall–Kier alpha value is -1.75. The van der Waals surface area contributed by atoms with Crippen LogP contribution in [0.3, 0.4) is 0 Å². The van der Waals surface area contributed by atoms with Crippen LogP contribution < -0.4 is 4.18 Å². The van der Waals surface area contributed by atoms with Crippen molar-refractivity contribution in [1.29, 1.82) is 0 Å². The van der Waals surface area contributed by atoms with E-state index in [9.17, 15) is 21.6 Å². The van der Waals surface area contributed by atoms with Gasteiger partial charge in [0.1, 0.15) is 0 Å². The molecule has 0 spiro atoms. The van der Waals surface area contributed by atoms with Crippen LogP contribution in [0.1, 0.15) is 5.56 Å². The van der Waals surface area contributed by atoms with E-state index in [4.69, 9.17) is 6.42 Å². The van der Waals surface area contributed by atoms with Crippen molar-refractivity contribution in [2.45, 2.75) is 5.51 Å². The molecule has 0 saturated carbocycles. The normalized spacial score (nSPS) is 11.9. The minimum absolute atomic E-state index is 0.185. The average molecular weight is 251 g/mol. The molecular formula is C8H4F3NO3S. The van der Waals surface area contributed by atoms with Crippen molar-refractivity contribution in [1.82, 2.24) is 4.98 Å². The molecule has 1 aromatic heterocycles. The predicted octanol–water partition coefficient (Wildman–Crippen LogP) is 1.29. The Kier molecular flexibility index (Phi) is 3.09. The molecule has 0 atom stereocenters. The van der Waals surface area contributed by atoms with Crippen molar-refractivity contribution >= 4 is 10.1 Å². The third kappa shape index (κ3) is 2.43. The zero-order chi connectivity index (χ0) is 12.4. The zero-order valence-electron chi connectivity index (χ0n) is 7.52. The van der Waals surface area contributed by atoms with Gasteiger partial charge in [0, 0.05) is 18.5 Å². The van der Waals surface area contributed by atoms with Crippen LogP contribution in [0.25, 0.3) is 0 Å². The Morgan fingerprint density at radius 3 is 2.56 bits per heavy atom. The van der Waals surface area contributed by atoms with Gasteiger partial charge in [-0.1, -0.05) is 5.92 Å². The minimum Gasteiger partial charge on any atom is -0.375 e. The summed E-state index contributed by atoms with van der Waals surface area (Å²) in [5.74, 6) is 1.36. The molecule has 0 aliphatic heterocycles. The summed E-state index contributed by atoms with van der Waals surface area (Å²) in [5.41, 5.74) is -5.68. The van der Waals surface area contributed by atoms with E-state index in [1.165, 1.54) is 0 Å². The molecule has 86 valence electrons. The number of hydrogen-bond acceptors (Lipinski definition) is 4. The Balaban J connectivity index is 3.13. The van der Waals surface area contributed by atoms with Gasteiger partial charge in [-0.2, -0.15) is 21.6 Å². The minimum atomic E-state index is -5.71. The van der Waals surface area contributed by atoms with Crippen molar-refractivity contribution in [3.8, 4) is 18.1 Å². The highest BCUT2D eigenvalue weighted by Gasteiger charge is 2.48. The Bertz CT molecular complexity index is 530. The first-order valence-corrected chi connectivity index (χ1v) is 5.10.